The minimum absolute atomic E-state index is 0.331. The van der Waals surface area contributed by atoms with Gasteiger partial charge in [0.25, 0.3) is 6.01 Å². The van der Waals surface area contributed by atoms with E-state index in [4.69, 9.17) is 4.42 Å². The standard InChI is InChI=1S/C8H10N2O2/c11-7-1-4-10(5-2-7)8-9-3-6-12-8/h3,6H,1-2,4-5H2. The van der Waals surface area contributed by atoms with Crippen molar-refractivity contribution in [2.45, 2.75) is 12.8 Å². The molecule has 1 saturated heterocycles. The predicted molar refractivity (Wildman–Crippen MR) is 43.0 cm³/mol. The maximum Gasteiger partial charge on any atom is 0.297 e. The zero-order chi connectivity index (χ0) is 8.39. The number of carbonyl (C=O) groups is 1. The van der Waals surface area contributed by atoms with Crippen molar-refractivity contribution in [1.29, 1.82) is 0 Å². The first-order valence-corrected chi connectivity index (χ1v) is 4.02. The predicted octanol–water partition coefficient (Wildman–Crippen LogP) is 0.844. The number of aromatic nitrogens is 1. The van der Waals surface area contributed by atoms with Crippen LogP contribution in [0.1, 0.15) is 12.8 Å². The molecule has 1 fully saturated rings. The van der Waals surface area contributed by atoms with Gasteiger partial charge in [0.1, 0.15) is 12.0 Å². The van der Waals surface area contributed by atoms with Crippen LogP contribution in [0.5, 0.6) is 0 Å². The van der Waals surface area contributed by atoms with Crippen molar-refractivity contribution in [3.8, 4) is 0 Å². The molecule has 12 heavy (non-hydrogen) atoms. The van der Waals surface area contributed by atoms with Gasteiger partial charge in [-0.25, -0.2) is 4.98 Å². The summed E-state index contributed by atoms with van der Waals surface area (Å²) >= 11 is 0. The van der Waals surface area contributed by atoms with Crippen LogP contribution in [0.25, 0.3) is 0 Å². The van der Waals surface area contributed by atoms with Crippen LogP contribution in [0, 0.1) is 0 Å². The van der Waals surface area contributed by atoms with E-state index < -0.39 is 0 Å². The first-order valence-electron chi connectivity index (χ1n) is 4.02. The summed E-state index contributed by atoms with van der Waals surface area (Å²) < 4.78 is 5.11. The molecule has 64 valence electrons. The van der Waals surface area contributed by atoms with Crippen molar-refractivity contribution >= 4 is 11.8 Å². The molecule has 0 radical (unpaired) electrons. The Hall–Kier alpha value is -1.32. The second-order valence-corrected chi connectivity index (χ2v) is 2.84. The molecule has 1 aliphatic rings. The molecule has 0 atom stereocenters. The van der Waals surface area contributed by atoms with Crippen molar-refractivity contribution in [3.63, 3.8) is 0 Å². The molecule has 1 aromatic rings. The van der Waals surface area contributed by atoms with Gasteiger partial charge in [0.2, 0.25) is 0 Å². The smallest absolute Gasteiger partial charge is 0.297 e. The van der Waals surface area contributed by atoms with Gasteiger partial charge in [0.05, 0.1) is 6.20 Å². The van der Waals surface area contributed by atoms with Crippen LogP contribution in [-0.4, -0.2) is 23.9 Å². The van der Waals surface area contributed by atoms with E-state index in [0.717, 1.165) is 13.1 Å². The summed E-state index contributed by atoms with van der Waals surface area (Å²) in [5.74, 6) is 0.331. The molecule has 1 aromatic heterocycles. The lowest BCUT2D eigenvalue weighted by molar-refractivity contribution is -0.119. The van der Waals surface area contributed by atoms with E-state index >= 15 is 0 Å². The van der Waals surface area contributed by atoms with Gasteiger partial charge >= 0.3 is 0 Å². The van der Waals surface area contributed by atoms with E-state index in [9.17, 15) is 4.79 Å². The molecule has 0 unspecified atom stereocenters. The molecule has 2 heterocycles. The van der Waals surface area contributed by atoms with E-state index in [1.807, 2.05) is 4.90 Å². The number of hydrogen-bond donors (Lipinski definition) is 0. The van der Waals surface area contributed by atoms with Crippen molar-refractivity contribution in [3.05, 3.63) is 12.5 Å². The quantitative estimate of drug-likeness (QED) is 0.620. The molecule has 0 aliphatic carbocycles. The average Bonchev–Trinajstić information content (AvgIpc) is 2.58. The Labute approximate surface area is 70.2 Å². The van der Waals surface area contributed by atoms with Gasteiger partial charge in [0.15, 0.2) is 0 Å². The summed E-state index contributed by atoms with van der Waals surface area (Å²) in [5, 5.41) is 0. The third-order valence-corrected chi connectivity index (χ3v) is 2.01. The highest BCUT2D eigenvalue weighted by atomic mass is 16.4. The van der Waals surface area contributed by atoms with Gasteiger partial charge in [-0.05, 0) is 0 Å². The van der Waals surface area contributed by atoms with Gasteiger partial charge in [0, 0.05) is 25.9 Å². The van der Waals surface area contributed by atoms with Crippen molar-refractivity contribution in [2.75, 3.05) is 18.0 Å². The van der Waals surface area contributed by atoms with E-state index in [2.05, 4.69) is 4.98 Å². The number of nitrogens with zero attached hydrogens (tertiary/aromatic N) is 2. The normalized spacial score (nSPS) is 18.3. The molecule has 2 rings (SSSR count). The van der Waals surface area contributed by atoms with Crippen LogP contribution in [0.3, 0.4) is 0 Å². The lowest BCUT2D eigenvalue weighted by Crippen LogP contribution is -2.33. The Morgan fingerprint density at radius 3 is 2.75 bits per heavy atom. The molecular formula is C8H10N2O2. The molecule has 0 bridgehead atoms. The molecule has 4 nitrogen and oxygen atoms in total. The molecule has 0 saturated carbocycles. The Morgan fingerprint density at radius 1 is 1.42 bits per heavy atom. The number of ketones is 1. The number of rotatable bonds is 1. The lowest BCUT2D eigenvalue weighted by atomic mass is 10.1. The fourth-order valence-corrected chi connectivity index (χ4v) is 1.32. The highest BCUT2D eigenvalue weighted by Crippen LogP contribution is 2.14. The summed E-state index contributed by atoms with van der Waals surface area (Å²) in [7, 11) is 0. The van der Waals surface area contributed by atoms with Crippen LogP contribution in [-0.2, 0) is 4.79 Å². The molecule has 0 spiro atoms. The number of hydrogen-bond acceptors (Lipinski definition) is 4. The van der Waals surface area contributed by atoms with Crippen LogP contribution in [0.15, 0.2) is 16.9 Å². The molecule has 4 heteroatoms. The van der Waals surface area contributed by atoms with Crippen molar-refractivity contribution in [1.82, 2.24) is 4.98 Å². The summed E-state index contributed by atoms with van der Waals surface area (Å²) in [6.07, 6.45) is 4.39. The first kappa shape index (κ1) is 7.34. The zero-order valence-corrected chi connectivity index (χ0v) is 6.69. The Kier molecular flexibility index (Phi) is 1.81. The van der Waals surface area contributed by atoms with E-state index in [-0.39, 0.29) is 0 Å². The summed E-state index contributed by atoms with van der Waals surface area (Å²) in [5.41, 5.74) is 0. The highest BCUT2D eigenvalue weighted by Gasteiger charge is 2.18. The van der Waals surface area contributed by atoms with Gasteiger partial charge in [-0.1, -0.05) is 0 Å². The molecule has 0 aromatic carbocycles. The van der Waals surface area contributed by atoms with E-state index in [0.29, 0.717) is 24.6 Å². The molecular weight excluding hydrogens is 156 g/mol. The minimum Gasteiger partial charge on any atom is -0.432 e. The monoisotopic (exact) mass is 166 g/mol. The van der Waals surface area contributed by atoms with Gasteiger partial charge < -0.3 is 9.32 Å². The third kappa shape index (κ3) is 1.32. The summed E-state index contributed by atoms with van der Waals surface area (Å²) in [6.45, 7) is 1.47. The van der Waals surface area contributed by atoms with Crippen LogP contribution < -0.4 is 4.90 Å². The van der Waals surface area contributed by atoms with Gasteiger partial charge in [-0.15, -0.1) is 0 Å². The summed E-state index contributed by atoms with van der Waals surface area (Å²) in [6, 6.07) is 0.627. The second kappa shape index (κ2) is 2.97. The highest BCUT2D eigenvalue weighted by molar-refractivity contribution is 5.80. The fourth-order valence-electron chi connectivity index (χ4n) is 1.32. The maximum absolute atomic E-state index is 10.9. The van der Waals surface area contributed by atoms with Crippen LogP contribution in [0.2, 0.25) is 0 Å². The zero-order valence-electron chi connectivity index (χ0n) is 6.69. The van der Waals surface area contributed by atoms with Crippen molar-refractivity contribution in [2.24, 2.45) is 0 Å². The van der Waals surface area contributed by atoms with Gasteiger partial charge in [-0.3, -0.25) is 4.79 Å². The maximum atomic E-state index is 10.9. The Balaban J connectivity index is 2.03. The fraction of sp³-hybridized carbons (Fsp3) is 0.500. The number of anilines is 1. The molecule has 0 amide bonds. The Morgan fingerprint density at radius 2 is 2.17 bits per heavy atom. The number of carbonyl (C=O) groups excluding carboxylic acids is 1. The SMILES string of the molecule is O=C1CCN(c2ncco2)CC1. The molecule has 0 N–H and O–H groups in total. The molecule has 1 aliphatic heterocycles. The summed E-state index contributed by atoms with van der Waals surface area (Å²) in [4.78, 5) is 16.9. The minimum atomic E-state index is 0.331. The number of oxazole rings is 1. The third-order valence-electron chi connectivity index (χ3n) is 2.01. The van der Waals surface area contributed by atoms with Crippen LogP contribution >= 0.6 is 0 Å². The average molecular weight is 166 g/mol. The van der Waals surface area contributed by atoms with Crippen LogP contribution in [0.4, 0.5) is 6.01 Å². The first-order chi connectivity index (χ1) is 5.86. The van der Waals surface area contributed by atoms with Crippen molar-refractivity contribution < 1.29 is 9.21 Å². The number of Topliss-reactive ketones (excluding diaryl/α,β-unsaturated/α-hetero) is 1. The lowest BCUT2D eigenvalue weighted by Gasteiger charge is -2.23. The van der Waals surface area contributed by atoms with E-state index in [1.54, 1.807) is 12.5 Å². The topological polar surface area (TPSA) is 46.3 Å². The van der Waals surface area contributed by atoms with Gasteiger partial charge in [-0.2, -0.15) is 0 Å². The largest absolute Gasteiger partial charge is 0.432 e. The number of piperidine rings is 1. The Bertz CT molecular complexity index is 259. The van der Waals surface area contributed by atoms with E-state index in [1.165, 1.54) is 0 Å². The second-order valence-electron chi connectivity index (χ2n) is 2.84.